The molecule has 0 fully saturated rings. The predicted molar refractivity (Wildman–Crippen MR) is 140 cm³/mol. The molecule has 5 rings (SSSR count). The van der Waals surface area contributed by atoms with Crippen LogP contribution in [0.5, 0.6) is 11.5 Å². The third-order valence-corrected chi connectivity index (χ3v) is 5.98. The molecular weight excluding hydrogens is 513 g/mol. The van der Waals surface area contributed by atoms with Crippen LogP contribution in [0, 0.1) is 5.82 Å². The number of nitrogens with zero attached hydrogens (tertiary/aromatic N) is 1. The number of amides is 1. The van der Waals surface area contributed by atoms with E-state index in [4.69, 9.17) is 25.5 Å². The minimum absolute atomic E-state index is 0.0495. The van der Waals surface area contributed by atoms with Gasteiger partial charge in [-0.25, -0.2) is 14.6 Å². The number of hydrazone groups is 1. The summed E-state index contributed by atoms with van der Waals surface area (Å²) >= 11 is 6.40. The molecule has 0 spiro atoms. The van der Waals surface area contributed by atoms with E-state index in [1.165, 1.54) is 37.8 Å². The summed E-state index contributed by atoms with van der Waals surface area (Å²) in [5.74, 6) is -1.27. The number of methoxy groups -OCH3 is 1. The van der Waals surface area contributed by atoms with Crippen LogP contribution < -0.4 is 14.9 Å². The molecular formula is C28H19ClFN3O5. The number of halogens is 2. The summed E-state index contributed by atoms with van der Waals surface area (Å²) in [6.07, 6.45) is 2.75. The van der Waals surface area contributed by atoms with Gasteiger partial charge in [-0.2, -0.15) is 5.10 Å². The Balaban J connectivity index is 1.39. The summed E-state index contributed by atoms with van der Waals surface area (Å²) in [5.41, 5.74) is 4.33. The fourth-order valence-corrected chi connectivity index (χ4v) is 4.14. The highest BCUT2D eigenvalue weighted by atomic mass is 35.5. The van der Waals surface area contributed by atoms with Crippen molar-refractivity contribution in [3.05, 3.63) is 107 Å². The second-order valence-corrected chi connectivity index (χ2v) is 8.40. The molecule has 8 nitrogen and oxygen atoms in total. The SMILES string of the molecule is COc1cc(C=NNC(=O)c2[nH]c3c(F)cccc3c2-c2ccccc2Cl)ccc1OC(=O)c1ccco1. The second kappa shape index (κ2) is 10.6. The van der Waals surface area contributed by atoms with Crippen molar-refractivity contribution >= 4 is 40.6 Å². The van der Waals surface area contributed by atoms with E-state index in [0.29, 0.717) is 27.1 Å². The lowest BCUT2D eigenvalue weighted by atomic mass is 10.0. The summed E-state index contributed by atoms with van der Waals surface area (Å²) < 4.78 is 30.2. The number of hydrogen-bond acceptors (Lipinski definition) is 6. The Morgan fingerprint density at radius 2 is 1.89 bits per heavy atom. The van der Waals surface area contributed by atoms with Crippen molar-refractivity contribution in [2.45, 2.75) is 0 Å². The Bertz CT molecular complexity index is 1680. The summed E-state index contributed by atoms with van der Waals surface area (Å²) in [5, 5.41) is 4.95. The van der Waals surface area contributed by atoms with Gasteiger partial charge in [-0.15, -0.1) is 0 Å². The zero-order valence-corrected chi connectivity index (χ0v) is 20.6. The maximum Gasteiger partial charge on any atom is 0.379 e. The fraction of sp³-hybridized carbons (Fsp3) is 0.0357. The average Bonchev–Trinajstić information content (AvgIpc) is 3.59. The van der Waals surface area contributed by atoms with E-state index in [1.807, 2.05) is 0 Å². The zero-order chi connectivity index (χ0) is 26.6. The summed E-state index contributed by atoms with van der Waals surface area (Å²) in [6.45, 7) is 0. The van der Waals surface area contributed by atoms with Crippen LogP contribution in [0.4, 0.5) is 4.39 Å². The number of H-pyrrole nitrogens is 1. The molecule has 0 atom stereocenters. The number of fused-ring (bicyclic) bond motifs is 1. The van der Waals surface area contributed by atoms with Gasteiger partial charge in [-0.05, 0) is 48.0 Å². The molecule has 2 aromatic heterocycles. The molecule has 0 bridgehead atoms. The van der Waals surface area contributed by atoms with Gasteiger partial charge in [0.2, 0.25) is 5.76 Å². The molecule has 2 heterocycles. The van der Waals surface area contributed by atoms with Crippen molar-refractivity contribution in [3.8, 4) is 22.6 Å². The molecule has 0 aliphatic carbocycles. The van der Waals surface area contributed by atoms with Crippen LogP contribution >= 0.6 is 11.6 Å². The number of carbonyl (C=O) groups excluding carboxylic acids is 2. The monoisotopic (exact) mass is 531 g/mol. The van der Waals surface area contributed by atoms with E-state index >= 15 is 0 Å². The van der Waals surface area contributed by atoms with Crippen molar-refractivity contribution < 1.29 is 27.9 Å². The Hall–Kier alpha value is -4.89. The topological polar surface area (TPSA) is 106 Å². The Labute approximate surface area is 220 Å². The number of furan rings is 1. The van der Waals surface area contributed by atoms with Crippen molar-refractivity contribution in [3.63, 3.8) is 0 Å². The fourth-order valence-electron chi connectivity index (χ4n) is 3.91. The molecule has 1 amide bonds. The van der Waals surface area contributed by atoms with Gasteiger partial charge in [0, 0.05) is 21.5 Å². The van der Waals surface area contributed by atoms with Crippen molar-refractivity contribution in [1.82, 2.24) is 10.4 Å². The van der Waals surface area contributed by atoms with Gasteiger partial charge in [0.15, 0.2) is 11.5 Å². The second-order valence-electron chi connectivity index (χ2n) is 7.99. The lowest BCUT2D eigenvalue weighted by Gasteiger charge is -2.09. The first-order valence-electron chi connectivity index (χ1n) is 11.3. The third kappa shape index (κ3) is 4.87. The summed E-state index contributed by atoms with van der Waals surface area (Å²) in [6, 6.07) is 19.4. The quantitative estimate of drug-likeness (QED) is 0.112. The van der Waals surface area contributed by atoms with Crippen molar-refractivity contribution in [2.24, 2.45) is 5.10 Å². The number of aromatic amines is 1. The zero-order valence-electron chi connectivity index (χ0n) is 19.8. The first-order chi connectivity index (χ1) is 18.5. The van der Waals surface area contributed by atoms with Gasteiger partial charge >= 0.3 is 5.97 Å². The average molecular weight is 532 g/mol. The van der Waals surface area contributed by atoms with Crippen molar-refractivity contribution in [2.75, 3.05) is 7.11 Å². The summed E-state index contributed by atoms with van der Waals surface area (Å²) in [4.78, 5) is 28.2. The Morgan fingerprint density at radius 1 is 1.05 bits per heavy atom. The smallest absolute Gasteiger partial charge is 0.379 e. The van der Waals surface area contributed by atoms with Gasteiger partial charge < -0.3 is 18.9 Å². The largest absolute Gasteiger partial charge is 0.493 e. The summed E-state index contributed by atoms with van der Waals surface area (Å²) in [7, 11) is 1.42. The molecule has 0 aliphatic rings. The van der Waals surface area contributed by atoms with Crippen LogP contribution in [0.15, 0.2) is 88.6 Å². The third-order valence-electron chi connectivity index (χ3n) is 5.65. The van der Waals surface area contributed by atoms with Crippen LogP contribution in [0.25, 0.3) is 22.0 Å². The van der Waals surface area contributed by atoms with Crippen LogP contribution in [0.3, 0.4) is 0 Å². The number of aromatic nitrogens is 1. The molecule has 190 valence electrons. The first-order valence-corrected chi connectivity index (χ1v) is 11.7. The Morgan fingerprint density at radius 3 is 2.66 bits per heavy atom. The van der Waals surface area contributed by atoms with Crippen molar-refractivity contribution in [1.29, 1.82) is 0 Å². The molecule has 5 aromatic rings. The van der Waals surface area contributed by atoms with Gasteiger partial charge in [0.25, 0.3) is 5.91 Å². The van der Waals surface area contributed by atoms with E-state index in [2.05, 4.69) is 15.5 Å². The molecule has 0 unspecified atom stereocenters. The molecule has 10 heteroatoms. The number of benzene rings is 3. The van der Waals surface area contributed by atoms with E-state index in [1.54, 1.807) is 54.6 Å². The highest BCUT2D eigenvalue weighted by molar-refractivity contribution is 6.34. The lowest BCUT2D eigenvalue weighted by Crippen LogP contribution is -2.19. The number of hydrogen-bond donors (Lipinski definition) is 2. The molecule has 0 aliphatic heterocycles. The van der Waals surface area contributed by atoms with E-state index < -0.39 is 17.7 Å². The van der Waals surface area contributed by atoms with Gasteiger partial charge in [0.1, 0.15) is 11.5 Å². The van der Waals surface area contributed by atoms with E-state index in [0.717, 1.165) is 0 Å². The minimum atomic E-state index is -0.675. The van der Waals surface area contributed by atoms with Crippen LogP contribution in [0.2, 0.25) is 5.02 Å². The number of nitrogens with one attached hydrogen (secondary N) is 2. The van der Waals surface area contributed by atoms with Crippen LogP contribution in [0.1, 0.15) is 26.6 Å². The highest BCUT2D eigenvalue weighted by Crippen LogP contribution is 2.37. The molecule has 0 saturated carbocycles. The number of carbonyl (C=O) groups is 2. The maximum absolute atomic E-state index is 14.5. The lowest BCUT2D eigenvalue weighted by molar-refractivity contribution is 0.0696. The highest BCUT2D eigenvalue weighted by Gasteiger charge is 2.22. The molecule has 0 saturated heterocycles. The first kappa shape index (κ1) is 24.8. The van der Waals surface area contributed by atoms with Gasteiger partial charge in [-0.3, -0.25) is 4.79 Å². The molecule has 3 aromatic carbocycles. The Kier molecular flexibility index (Phi) is 6.92. The molecule has 0 radical (unpaired) electrons. The number of rotatable bonds is 7. The number of esters is 1. The number of para-hydroxylation sites is 1. The predicted octanol–water partition coefficient (Wildman–Crippen LogP) is 6.21. The molecule has 38 heavy (non-hydrogen) atoms. The van der Waals surface area contributed by atoms with Crippen LogP contribution in [-0.4, -0.2) is 30.2 Å². The van der Waals surface area contributed by atoms with Gasteiger partial charge in [0.05, 0.1) is 25.1 Å². The van der Waals surface area contributed by atoms with E-state index in [9.17, 15) is 14.0 Å². The van der Waals surface area contributed by atoms with E-state index in [-0.39, 0.29) is 28.5 Å². The van der Waals surface area contributed by atoms with Gasteiger partial charge in [-0.1, -0.05) is 41.9 Å². The number of ether oxygens (including phenoxy) is 2. The minimum Gasteiger partial charge on any atom is -0.493 e. The molecule has 2 N–H and O–H groups in total. The normalized spacial score (nSPS) is 11.1. The standard InChI is InChI=1S/C28H19ClFN3O5/c1-36-23-14-16(11-12-21(23)38-28(35)22-10-5-13-37-22)15-31-33-27(34)26-24(17-6-2-3-8-19(17)29)18-7-4-9-20(30)25(18)32-26/h2-15,32H,1H3,(H,33,34). The van der Waals surface area contributed by atoms with Crippen LogP contribution in [-0.2, 0) is 0 Å². The maximum atomic E-state index is 14.5.